The van der Waals surface area contributed by atoms with Crippen molar-refractivity contribution in [3.63, 3.8) is 0 Å². The normalized spacial score (nSPS) is 11.8. The second-order valence-electron chi connectivity index (χ2n) is 3.30. The van der Waals surface area contributed by atoms with Gasteiger partial charge in [0.1, 0.15) is 0 Å². The Hall–Kier alpha value is -1.73. The molecule has 0 saturated heterocycles. The fraction of sp³-hybridized carbons (Fsp3) is 0.0909. The number of thiazole rings is 1. The quantitative estimate of drug-likeness (QED) is 0.933. The van der Waals surface area contributed by atoms with Crippen LogP contribution < -0.4 is 9.50 Å². The predicted octanol–water partition coefficient (Wildman–Crippen LogP) is 2.20. The molecule has 1 N–H and O–H groups in total. The fourth-order valence-electron chi connectivity index (χ4n) is 1.16. The molecule has 1 aromatic carbocycles. The average molecular weight is 282 g/mol. The zero-order valence-corrected chi connectivity index (χ0v) is 11.1. The predicted molar refractivity (Wildman–Crippen MR) is 69.9 cm³/mol. The molecule has 1 unspecified atom stereocenters. The monoisotopic (exact) mass is 282 g/mol. The van der Waals surface area contributed by atoms with Gasteiger partial charge in [0.2, 0.25) is 22.9 Å². The molecule has 1 atom stereocenters. The summed E-state index contributed by atoms with van der Waals surface area (Å²) >= 11 is -0.390. The molecule has 1 amide bonds. The zero-order chi connectivity index (χ0) is 13.0. The van der Waals surface area contributed by atoms with Gasteiger partial charge < -0.3 is 9.50 Å². The van der Waals surface area contributed by atoms with Gasteiger partial charge in [-0.1, -0.05) is 18.2 Å². The summed E-state index contributed by atoms with van der Waals surface area (Å²) in [5.74, 6) is 0.0195. The van der Waals surface area contributed by atoms with Crippen LogP contribution in [-0.2, 0) is 15.9 Å². The standard InChI is InChI=1S/C11H10N2O3S2/c1-8(14)12-11-13-10(7-17-11)16-18(15)9-5-3-2-4-6-9/h2-7H,1H3,(H,12,13,14). The molecule has 0 fully saturated rings. The highest BCUT2D eigenvalue weighted by molar-refractivity contribution is 7.80. The van der Waals surface area contributed by atoms with Crippen LogP contribution in [0.5, 0.6) is 5.88 Å². The maximum Gasteiger partial charge on any atom is 0.243 e. The number of nitrogens with zero attached hydrogens (tertiary/aromatic N) is 1. The van der Waals surface area contributed by atoms with Gasteiger partial charge in [0.25, 0.3) is 0 Å². The third-order valence-electron chi connectivity index (χ3n) is 1.86. The molecule has 0 aliphatic rings. The molecule has 18 heavy (non-hydrogen) atoms. The molecule has 1 heterocycles. The van der Waals surface area contributed by atoms with Crippen molar-refractivity contribution < 1.29 is 13.2 Å². The van der Waals surface area contributed by atoms with Crippen LogP contribution in [0.3, 0.4) is 0 Å². The average Bonchev–Trinajstić information content (AvgIpc) is 2.76. The lowest BCUT2D eigenvalue weighted by Gasteiger charge is -2.00. The SMILES string of the molecule is CC(=O)Nc1nc(OS(=O)c2ccccc2)cs1. The van der Waals surface area contributed by atoms with Gasteiger partial charge in [-0.3, -0.25) is 4.79 Å². The molecule has 0 aliphatic carbocycles. The Morgan fingerprint density at radius 3 is 2.78 bits per heavy atom. The molecule has 94 valence electrons. The molecular formula is C11H10N2O3S2. The highest BCUT2D eigenvalue weighted by Crippen LogP contribution is 2.22. The van der Waals surface area contributed by atoms with E-state index in [1.165, 1.54) is 18.3 Å². The first kappa shape index (κ1) is 12.7. The van der Waals surface area contributed by atoms with Crippen molar-refractivity contribution in [3.05, 3.63) is 35.7 Å². The Kier molecular flexibility index (Phi) is 4.06. The maximum absolute atomic E-state index is 11.8. The van der Waals surface area contributed by atoms with Crippen molar-refractivity contribution in [2.75, 3.05) is 5.32 Å². The van der Waals surface area contributed by atoms with Gasteiger partial charge in [-0.15, -0.1) is 11.3 Å². The number of carbonyl (C=O) groups is 1. The maximum atomic E-state index is 11.8. The molecule has 7 heteroatoms. The lowest BCUT2D eigenvalue weighted by Crippen LogP contribution is -2.05. The summed E-state index contributed by atoms with van der Waals surface area (Å²) in [4.78, 5) is 15.4. The van der Waals surface area contributed by atoms with Crippen LogP contribution >= 0.6 is 11.3 Å². The Bertz CT molecular complexity index is 569. The Morgan fingerprint density at radius 2 is 2.11 bits per heavy atom. The van der Waals surface area contributed by atoms with E-state index < -0.39 is 11.1 Å². The van der Waals surface area contributed by atoms with E-state index in [9.17, 15) is 9.00 Å². The third-order valence-corrected chi connectivity index (χ3v) is 3.58. The van der Waals surface area contributed by atoms with Crippen molar-refractivity contribution in [2.45, 2.75) is 11.8 Å². The number of anilines is 1. The van der Waals surface area contributed by atoms with E-state index in [1.54, 1.807) is 29.6 Å². The van der Waals surface area contributed by atoms with Gasteiger partial charge in [-0.25, -0.2) is 4.21 Å². The molecule has 2 rings (SSSR count). The van der Waals surface area contributed by atoms with Crippen LogP contribution in [0.2, 0.25) is 0 Å². The molecule has 0 bridgehead atoms. The molecule has 5 nitrogen and oxygen atoms in total. The molecule has 0 aliphatic heterocycles. The van der Waals surface area contributed by atoms with Crippen molar-refractivity contribution in [1.82, 2.24) is 4.98 Å². The summed E-state index contributed by atoms with van der Waals surface area (Å²) in [6.07, 6.45) is 0. The van der Waals surface area contributed by atoms with E-state index in [0.29, 0.717) is 10.0 Å². The summed E-state index contributed by atoms with van der Waals surface area (Å²) in [7, 11) is 0. The summed E-state index contributed by atoms with van der Waals surface area (Å²) in [5, 5.41) is 4.54. The Balaban J connectivity index is 2.04. The van der Waals surface area contributed by atoms with E-state index >= 15 is 0 Å². The lowest BCUT2D eigenvalue weighted by molar-refractivity contribution is -0.114. The first-order chi connectivity index (χ1) is 8.65. The molecule has 0 radical (unpaired) electrons. The highest BCUT2D eigenvalue weighted by atomic mass is 32.2. The topological polar surface area (TPSA) is 68.3 Å². The molecule has 0 spiro atoms. The molecule has 0 saturated carbocycles. The van der Waals surface area contributed by atoms with E-state index in [4.69, 9.17) is 4.18 Å². The number of hydrogen-bond donors (Lipinski definition) is 1. The minimum Gasteiger partial charge on any atom is -0.375 e. The van der Waals surface area contributed by atoms with Crippen LogP contribution in [-0.4, -0.2) is 15.1 Å². The van der Waals surface area contributed by atoms with Gasteiger partial charge in [-0.2, -0.15) is 4.98 Å². The van der Waals surface area contributed by atoms with Crippen molar-refractivity contribution >= 4 is 33.5 Å². The molecule has 2 aromatic rings. The summed E-state index contributed by atoms with van der Waals surface area (Å²) < 4.78 is 17.0. The number of aromatic nitrogens is 1. The minimum atomic E-state index is -1.60. The smallest absolute Gasteiger partial charge is 0.243 e. The van der Waals surface area contributed by atoms with Gasteiger partial charge in [0.05, 0.1) is 10.3 Å². The van der Waals surface area contributed by atoms with Crippen molar-refractivity contribution in [2.24, 2.45) is 0 Å². The van der Waals surface area contributed by atoms with Gasteiger partial charge in [0.15, 0.2) is 5.13 Å². The first-order valence-electron chi connectivity index (χ1n) is 5.03. The van der Waals surface area contributed by atoms with Crippen LogP contribution in [0.4, 0.5) is 5.13 Å². The largest absolute Gasteiger partial charge is 0.375 e. The minimum absolute atomic E-state index is 0.208. The van der Waals surface area contributed by atoms with Crippen molar-refractivity contribution in [1.29, 1.82) is 0 Å². The van der Waals surface area contributed by atoms with Crippen LogP contribution in [0.1, 0.15) is 6.92 Å². The van der Waals surface area contributed by atoms with E-state index in [1.807, 2.05) is 6.07 Å². The first-order valence-corrected chi connectivity index (χ1v) is 6.99. The summed E-state index contributed by atoms with van der Waals surface area (Å²) in [5.41, 5.74) is 0. The number of rotatable bonds is 4. The van der Waals surface area contributed by atoms with Crippen molar-refractivity contribution in [3.8, 4) is 5.88 Å². The zero-order valence-electron chi connectivity index (χ0n) is 9.45. The van der Waals surface area contributed by atoms with Crippen LogP contribution in [0, 0.1) is 0 Å². The van der Waals surface area contributed by atoms with Gasteiger partial charge >= 0.3 is 0 Å². The molecular weight excluding hydrogens is 272 g/mol. The number of amides is 1. The van der Waals surface area contributed by atoms with Gasteiger partial charge in [0, 0.05) is 6.92 Å². The van der Waals surface area contributed by atoms with E-state index in [0.717, 1.165) is 0 Å². The summed E-state index contributed by atoms with van der Waals surface area (Å²) in [6, 6.07) is 8.80. The Labute approximate surface area is 110 Å². The van der Waals surface area contributed by atoms with Crippen LogP contribution in [0.25, 0.3) is 0 Å². The molecule has 1 aromatic heterocycles. The second-order valence-corrected chi connectivity index (χ2v) is 5.27. The second kappa shape index (κ2) is 5.74. The number of carbonyl (C=O) groups excluding carboxylic acids is 1. The number of nitrogens with one attached hydrogen (secondary N) is 1. The van der Waals surface area contributed by atoms with Gasteiger partial charge in [-0.05, 0) is 12.1 Å². The third kappa shape index (κ3) is 3.38. The van der Waals surface area contributed by atoms with E-state index in [2.05, 4.69) is 10.3 Å². The summed E-state index contributed by atoms with van der Waals surface area (Å²) in [6.45, 7) is 1.39. The number of hydrogen-bond acceptors (Lipinski definition) is 5. The lowest BCUT2D eigenvalue weighted by atomic mass is 10.4. The highest BCUT2D eigenvalue weighted by Gasteiger charge is 2.09. The Morgan fingerprint density at radius 1 is 1.39 bits per heavy atom. The number of benzene rings is 1. The van der Waals surface area contributed by atoms with Crippen LogP contribution in [0.15, 0.2) is 40.6 Å². The fourth-order valence-corrected chi connectivity index (χ4v) is 2.60. The van der Waals surface area contributed by atoms with E-state index in [-0.39, 0.29) is 11.8 Å².